The van der Waals surface area contributed by atoms with Crippen molar-refractivity contribution in [2.24, 2.45) is 17.3 Å². The van der Waals surface area contributed by atoms with Gasteiger partial charge in [-0.25, -0.2) is 8.42 Å². The number of nitrogens with one attached hydrogen (secondary N) is 1. The Balaban J connectivity index is 1.83. The maximum absolute atomic E-state index is 11.3. The van der Waals surface area contributed by atoms with Gasteiger partial charge in [0.25, 0.3) is 0 Å². The molecule has 2 aliphatic carbocycles. The van der Waals surface area contributed by atoms with Gasteiger partial charge in [0.2, 0.25) is 0 Å². The Labute approximate surface area is 124 Å². The molecule has 2 aliphatic rings. The van der Waals surface area contributed by atoms with Crippen molar-refractivity contribution < 1.29 is 8.42 Å². The lowest BCUT2D eigenvalue weighted by molar-refractivity contribution is 0.109. The molecule has 0 aromatic heterocycles. The Bertz CT molecular complexity index is 410. The molecule has 3 nitrogen and oxygen atoms in total. The van der Waals surface area contributed by atoms with Crippen molar-refractivity contribution in [2.75, 3.05) is 18.6 Å². The Kier molecular flexibility index (Phi) is 5.17. The second kappa shape index (κ2) is 6.35. The first-order chi connectivity index (χ1) is 9.25. The fourth-order valence-electron chi connectivity index (χ4n) is 3.61. The molecule has 118 valence electrons. The van der Waals surface area contributed by atoms with Gasteiger partial charge in [-0.05, 0) is 68.7 Å². The van der Waals surface area contributed by atoms with Crippen LogP contribution in [-0.4, -0.2) is 33.0 Å². The standard InChI is InChI=1S/C16H31NO2S/c1-16(2)9-8-14(12-17-15-6-7-15)13(11-16)5-4-10-20(3,18)19/h13-15,17H,4-12H2,1-3H3. The summed E-state index contributed by atoms with van der Waals surface area (Å²) in [6, 6.07) is 0.779. The second-order valence-electron chi connectivity index (χ2n) is 7.88. The summed E-state index contributed by atoms with van der Waals surface area (Å²) in [6.07, 6.45) is 9.82. The van der Waals surface area contributed by atoms with E-state index in [1.54, 1.807) is 0 Å². The molecule has 0 aliphatic heterocycles. The van der Waals surface area contributed by atoms with Gasteiger partial charge in [-0.1, -0.05) is 13.8 Å². The molecular weight excluding hydrogens is 270 g/mol. The van der Waals surface area contributed by atoms with Crippen molar-refractivity contribution in [3.05, 3.63) is 0 Å². The number of rotatable bonds is 7. The van der Waals surface area contributed by atoms with Crippen LogP contribution < -0.4 is 5.32 Å². The van der Waals surface area contributed by atoms with Crippen LogP contribution in [0.25, 0.3) is 0 Å². The van der Waals surface area contributed by atoms with Gasteiger partial charge in [0.05, 0.1) is 0 Å². The molecule has 0 aromatic carbocycles. The molecule has 2 fully saturated rings. The summed E-state index contributed by atoms with van der Waals surface area (Å²) in [5.74, 6) is 1.81. The molecule has 2 saturated carbocycles. The Morgan fingerprint density at radius 1 is 1.15 bits per heavy atom. The molecule has 2 unspecified atom stereocenters. The predicted molar refractivity (Wildman–Crippen MR) is 84.6 cm³/mol. The lowest BCUT2D eigenvalue weighted by atomic mass is 9.66. The highest BCUT2D eigenvalue weighted by atomic mass is 32.2. The molecule has 2 atom stereocenters. The summed E-state index contributed by atoms with van der Waals surface area (Å²) in [7, 11) is -2.80. The average molecular weight is 301 g/mol. The molecule has 0 bridgehead atoms. The lowest BCUT2D eigenvalue weighted by Gasteiger charge is -2.41. The van der Waals surface area contributed by atoms with Crippen molar-refractivity contribution in [3.63, 3.8) is 0 Å². The predicted octanol–water partition coefficient (Wildman–Crippen LogP) is 3.01. The van der Waals surface area contributed by atoms with E-state index < -0.39 is 9.84 Å². The topological polar surface area (TPSA) is 46.2 Å². The van der Waals surface area contributed by atoms with E-state index in [1.165, 1.54) is 38.4 Å². The van der Waals surface area contributed by atoms with Crippen molar-refractivity contribution in [2.45, 2.75) is 64.8 Å². The molecule has 4 heteroatoms. The van der Waals surface area contributed by atoms with E-state index in [1.807, 2.05) is 0 Å². The van der Waals surface area contributed by atoms with Gasteiger partial charge in [0.15, 0.2) is 0 Å². The summed E-state index contributed by atoms with van der Waals surface area (Å²) < 4.78 is 22.6. The van der Waals surface area contributed by atoms with Crippen LogP contribution in [0.15, 0.2) is 0 Å². The molecule has 0 heterocycles. The normalized spacial score (nSPS) is 30.4. The molecule has 0 radical (unpaired) electrons. The van der Waals surface area contributed by atoms with Crippen molar-refractivity contribution in [3.8, 4) is 0 Å². The maximum Gasteiger partial charge on any atom is 0.147 e. The minimum absolute atomic E-state index is 0.354. The highest BCUT2D eigenvalue weighted by Gasteiger charge is 2.35. The van der Waals surface area contributed by atoms with Crippen LogP contribution in [-0.2, 0) is 9.84 Å². The molecule has 0 spiro atoms. The van der Waals surface area contributed by atoms with Gasteiger partial charge in [-0.15, -0.1) is 0 Å². The third-order valence-electron chi connectivity index (χ3n) is 5.01. The van der Waals surface area contributed by atoms with E-state index in [-0.39, 0.29) is 0 Å². The summed E-state index contributed by atoms with van der Waals surface area (Å²) in [5.41, 5.74) is 0.436. The minimum atomic E-state index is -2.80. The first kappa shape index (κ1) is 16.3. The van der Waals surface area contributed by atoms with E-state index in [9.17, 15) is 8.42 Å². The molecule has 20 heavy (non-hydrogen) atoms. The first-order valence-corrected chi connectivity index (χ1v) is 10.2. The van der Waals surface area contributed by atoms with E-state index in [4.69, 9.17) is 0 Å². The van der Waals surface area contributed by atoms with Gasteiger partial charge in [0.1, 0.15) is 9.84 Å². The highest BCUT2D eigenvalue weighted by Crippen LogP contribution is 2.43. The maximum atomic E-state index is 11.3. The highest BCUT2D eigenvalue weighted by molar-refractivity contribution is 7.90. The van der Waals surface area contributed by atoms with Crippen molar-refractivity contribution >= 4 is 9.84 Å². The molecule has 2 rings (SSSR count). The van der Waals surface area contributed by atoms with Crippen LogP contribution in [0.4, 0.5) is 0 Å². The van der Waals surface area contributed by atoms with Gasteiger partial charge in [0, 0.05) is 18.1 Å². The van der Waals surface area contributed by atoms with Gasteiger partial charge >= 0.3 is 0 Å². The summed E-state index contributed by atoms with van der Waals surface area (Å²) in [4.78, 5) is 0. The van der Waals surface area contributed by atoms with Gasteiger partial charge in [-0.3, -0.25) is 0 Å². The molecular formula is C16H31NO2S. The zero-order chi connectivity index (χ0) is 14.8. The van der Waals surface area contributed by atoms with Crippen LogP contribution in [0.1, 0.15) is 58.8 Å². The van der Waals surface area contributed by atoms with Crippen LogP contribution in [0, 0.1) is 17.3 Å². The van der Waals surface area contributed by atoms with Gasteiger partial charge < -0.3 is 5.32 Å². The SMILES string of the molecule is CC1(C)CCC(CNC2CC2)C(CCCS(C)(=O)=O)C1. The summed E-state index contributed by atoms with van der Waals surface area (Å²) >= 11 is 0. The molecule has 1 N–H and O–H groups in total. The monoisotopic (exact) mass is 301 g/mol. The molecule has 0 amide bonds. The minimum Gasteiger partial charge on any atom is -0.314 e. The molecule has 0 saturated heterocycles. The third-order valence-corrected chi connectivity index (χ3v) is 6.04. The Morgan fingerprint density at radius 2 is 1.85 bits per heavy atom. The van der Waals surface area contributed by atoms with E-state index in [0.29, 0.717) is 17.1 Å². The van der Waals surface area contributed by atoms with Crippen LogP contribution in [0.2, 0.25) is 0 Å². The van der Waals surface area contributed by atoms with E-state index >= 15 is 0 Å². The fourth-order valence-corrected chi connectivity index (χ4v) is 4.30. The summed E-state index contributed by atoms with van der Waals surface area (Å²) in [6.45, 7) is 5.87. The van der Waals surface area contributed by atoms with Crippen LogP contribution in [0.3, 0.4) is 0 Å². The second-order valence-corrected chi connectivity index (χ2v) is 10.1. The van der Waals surface area contributed by atoms with E-state index in [0.717, 1.165) is 31.3 Å². The van der Waals surface area contributed by atoms with Crippen molar-refractivity contribution in [1.82, 2.24) is 5.32 Å². The van der Waals surface area contributed by atoms with Crippen LogP contribution in [0.5, 0.6) is 0 Å². The number of hydrogen-bond donors (Lipinski definition) is 1. The van der Waals surface area contributed by atoms with Crippen LogP contribution >= 0.6 is 0 Å². The first-order valence-electron chi connectivity index (χ1n) is 8.16. The third kappa shape index (κ3) is 5.72. The summed E-state index contributed by atoms with van der Waals surface area (Å²) in [5, 5.41) is 3.67. The smallest absolute Gasteiger partial charge is 0.147 e. The largest absolute Gasteiger partial charge is 0.314 e. The zero-order valence-corrected chi connectivity index (χ0v) is 14.1. The van der Waals surface area contributed by atoms with Crippen molar-refractivity contribution in [1.29, 1.82) is 0 Å². The quantitative estimate of drug-likeness (QED) is 0.786. The Hall–Kier alpha value is -0.0900. The zero-order valence-electron chi connectivity index (χ0n) is 13.3. The molecule has 0 aromatic rings. The average Bonchev–Trinajstić information content (AvgIpc) is 3.09. The van der Waals surface area contributed by atoms with E-state index in [2.05, 4.69) is 19.2 Å². The van der Waals surface area contributed by atoms with Gasteiger partial charge in [-0.2, -0.15) is 0 Å². The Morgan fingerprint density at radius 3 is 2.45 bits per heavy atom. The lowest BCUT2D eigenvalue weighted by Crippen LogP contribution is -2.36. The number of hydrogen-bond acceptors (Lipinski definition) is 3. The fraction of sp³-hybridized carbons (Fsp3) is 1.00. The number of sulfone groups is 1.